The Morgan fingerprint density at radius 1 is 1.57 bits per heavy atom. The van der Waals surface area contributed by atoms with Gasteiger partial charge in [-0.2, -0.15) is 5.26 Å². The van der Waals surface area contributed by atoms with E-state index in [4.69, 9.17) is 10.00 Å². The Balaban J connectivity index is 2.20. The van der Waals surface area contributed by atoms with Crippen molar-refractivity contribution in [3.63, 3.8) is 0 Å². The van der Waals surface area contributed by atoms with Crippen LogP contribution in [0.3, 0.4) is 0 Å². The van der Waals surface area contributed by atoms with Crippen molar-refractivity contribution in [3.8, 4) is 11.8 Å². The third-order valence-corrected chi connectivity index (χ3v) is 4.06. The molecule has 1 N–H and O–H groups in total. The number of carbonyl (C=O) groups is 1. The number of nitrogens with zero attached hydrogens (tertiary/aromatic N) is 2. The predicted molar refractivity (Wildman–Crippen MR) is 77.9 cm³/mol. The Morgan fingerprint density at radius 3 is 2.95 bits per heavy atom. The molecule has 1 aliphatic rings. The summed E-state index contributed by atoms with van der Waals surface area (Å²) in [7, 11) is 1.53. The fraction of sp³-hybridized carbons (Fsp3) is 0.500. The standard InChI is InChI=1S/C16H20N2O3/c1-11-4-3-7-18(15(11)16(19)20)10-12-5-6-13(9-17)14(8-12)21-2/h5-6,8,11,15H,3-4,7,10H2,1-2H3,(H,19,20). The van der Waals surface area contributed by atoms with E-state index in [0.29, 0.717) is 17.9 Å². The molecule has 0 aliphatic carbocycles. The molecule has 112 valence electrons. The molecule has 1 aromatic carbocycles. The molecule has 2 unspecified atom stereocenters. The van der Waals surface area contributed by atoms with Crippen molar-refractivity contribution in [2.24, 2.45) is 5.92 Å². The summed E-state index contributed by atoms with van der Waals surface area (Å²) in [5.41, 5.74) is 1.45. The number of nitriles is 1. The number of rotatable bonds is 4. The summed E-state index contributed by atoms with van der Waals surface area (Å²) in [6.45, 7) is 3.33. The molecule has 0 aromatic heterocycles. The van der Waals surface area contributed by atoms with Crippen molar-refractivity contribution in [1.29, 1.82) is 5.26 Å². The van der Waals surface area contributed by atoms with Gasteiger partial charge in [-0.15, -0.1) is 0 Å². The van der Waals surface area contributed by atoms with Crippen molar-refractivity contribution in [2.75, 3.05) is 13.7 Å². The van der Waals surface area contributed by atoms with Crippen molar-refractivity contribution in [3.05, 3.63) is 29.3 Å². The average Bonchev–Trinajstić information content (AvgIpc) is 2.46. The Labute approximate surface area is 124 Å². The molecule has 0 spiro atoms. The first-order valence-electron chi connectivity index (χ1n) is 7.10. The highest BCUT2D eigenvalue weighted by Crippen LogP contribution is 2.27. The van der Waals surface area contributed by atoms with Crippen LogP contribution >= 0.6 is 0 Å². The lowest BCUT2D eigenvalue weighted by Gasteiger charge is -2.37. The van der Waals surface area contributed by atoms with Gasteiger partial charge < -0.3 is 9.84 Å². The van der Waals surface area contributed by atoms with Crippen molar-refractivity contribution < 1.29 is 14.6 Å². The summed E-state index contributed by atoms with van der Waals surface area (Å²) < 4.78 is 5.20. The van der Waals surface area contributed by atoms with E-state index in [0.717, 1.165) is 24.9 Å². The van der Waals surface area contributed by atoms with Crippen molar-refractivity contribution in [2.45, 2.75) is 32.4 Å². The number of benzene rings is 1. The van der Waals surface area contributed by atoms with Gasteiger partial charge in [0.15, 0.2) is 0 Å². The molecule has 1 heterocycles. The van der Waals surface area contributed by atoms with Crippen LogP contribution < -0.4 is 4.74 Å². The average molecular weight is 288 g/mol. The molecular formula is C16H20N2O3. The number of hydrogen-bond acceptors (Lipinski definition) is 4. The minimum absolute atomic E-state index is 0.150. The van der Waals surface area contributed by atoms with Crippen LogP contribution in [0, 0.1) is 17.2 Å². The number of carboxylic acids is 1. The van der Waals surface area contributed by atoms with E-state index < -0.39 is 12.0 Å². The van der Waals surface area contributed by atoms with E-state index in [1.807, 2.05) is 24.0 Å². The lowest BCUT2D eigenvalue weighted by Crippen LogP contribution is -2.48. The van der Waals surface area contributed by atoms with Crippen LogP contribution in [-0.4, -0.2) is 35.7 Å². The Hall–Kier alpha value is -2.06. The number of piperidine rings is 1. The van der Waals surface area contributed by atoms with Gasteiger partial charge in [-0.25, -0.2) is 0 Å². The molecule has 0 radical (unpaired) electrons. The highest BCUT2D eigenvalue weighted by molar-refractivity contribution is 5.74. The Bertz CT molecular complexity index is 565. The van der Waals surface area contributed by atoms with Gasteiger partial charge >= 0.3 is 5.97 Å². The summed E-state index contributed by atoms with van der Waals surface area (Å²) in [4.78, 5) is 13.5. The molecule has 0 bridgehead atoms. The Kier molecular flexibility index (Phi) is 4.81. The van der Waals surface area contributed by atoms with Gasteiger partial charge in [0, 0.05) is 6.54 Å². The zero-order valence-electron chi connectivity index (χ0n) is 12.4. The molecular weight excluding hydrogens is 268 g/mol. The SMILES string of the molecule is COc1cc(CN2CCCC(C)C2C(=O)O)ccc1C#N. The molecule has 1 saturated heterocycles. The minimum Gasteiger partial charge on any atom is -0.495 e. The first-order valence-corrected chi connectivity index (χ1v) is 7.10. The fourth-order valence-corrected chi connectivity index (χ4v) is 3.01. The molecule has 0 saturated carbocycles. The van der Waals surface area contributed by atoms with Gasteiger partial charge in [0.25, 0.3) is 0 Å². The normalized spacial score (nSPS) is 22.5. The maximum absolute atomic E-state index is 11.5. The molecule has 5 nitrogen and oxygen atoms in total. The molecule has 2 atom stereocenters. The molecule has 5 heteroatoms. The lowest BCUT2D eigenvalue weighted by molar-refractivity contribution is -0.147. The van der Waals surface area contributed by atoms with Crippen LogP contribution in [0.15, 0.2) is 18.2 Å². The van der Waals surface area contributed by atoms with E-state index in [9.17, 15) is 9.90 Å². The van der Waals surface area contributed by atoms with E-state index in [1.54, 1.807) is 6.07 Å². The fourth-order valence-electron chi connectivity index (χ4n) is 3.01. The molecule has 21 heavy (non-hydrogen) atoms. The number of hydrogen-bond donors (Lipinski definition) is 1. The van der Waals surface area contributed by atoms with E-state index in [1.165, 1.54) is 7.11 Å². The van der Waals surface area contributed by atoms with Crippen LogP contribution in [0.1, 0.15) is 30.9 Å². The van der Waals surface area contributed by atoms with Gasteiger partial charge in [0.05, 0.1) is 12.7 Å². The topological polar surface area (TPSA) is 73.6 Å². The molecule has 1 aromatic rings. The second kappa shape index (κ2) is 6.59. The summed E-state index contributed by atoms with van der Waals surface area (Å²) in [6.07, 6.45) is 1.96. The smallest absolute Gasteiger partial charge is 0.321 e. The van der Waals surface area contributed by atoms with Crippen LogP contribution in [0.5, 0.6) is 5.75 Å². The monoisotopic (exact) mass is 288 g/mol. The minimum atomic E-state index is -0.761. The first kappa shape index (κ1) is 15.3. The number of likely N-dealkylation sites (tertiary alicyclic amines) is 1. The molecule has 1 fully saturated rings. The summed E-state index contributed by atoms with van der Waals surface area (Å²) in [6, 6.07) is 7.03. The van der Waals surface area contributed by atoms with Crippen LogP contribution in [0.2, 0.25) is 0 Å². The van der Waals surface area contributed by atoms with Crippen molar-refractivity contribution in [1.82, 2.24) is 4.90 Å². The largest absolute Gasteiger partial charge is 0.495 e. The quantitative estimate of drug-likeness (QED) is 0.920. The second-order valence-electron chi connectivity index (χ2n) is 5.52. The van der Waals surface area contributed by atoms with E-state index in [-0.39, 0.29) is 5.92 Å². The highest BCUT2D eigenvalue weighted by Gasteiger charge is 2.34. The molecule has 0 amide bonds. The molecule has 2 rings (SSSR count). The number of aliphatic carboxylic acids is 1. The van der Waals surface area contributed by atoms with Gasteiger partial charge in [-0.3, -0.25) is 9.69 Å². The highest BCUT2D eigenvalue weighted by atomic mass is 16.5. The van der Waals surface area contributed by atoms with Gasteiger partial charge in [0.1, 0.15) is 17.9 Å². The lowest BCUT2D eigenvalue weighted by atomic mass is 9.90. The van der Waals surface area contributed by atoms with Crippen LogP contribution in [-0.2, 0) is 11.3 Å². The van der Waals surface area contributed by atoms with Gasteiger partial charge in [0.2, 0.25) is 0 Å². The van der Waals surface area contributed by atoms with Crippen LogP contribution in [0.25, 0.3) is 0 Å². The summed E-state index contributed by atoms with van der Waals surface area (Å²) in [5.74, 6) is -0.0775. The number of methoxy groups -OCH3 is 1. The van der Waals surface area contributed by atoms with Crippen molar-refractivity contribution >= 4 is 5.97 Å². The summed E-state index contributed by atoms with van der Waals surface area (Å²) >= 11 is 0. The maximum atomic E-state index is 11.5. The van der Waals surface area contributed by atoms with Gasteiger partial charge in [-0.1, -0.05) is 13.0 Å². The first-order chi connectivity index (χ1) is 10.1. The Morgan fingerprint density at radius 2 is 2.33 bits per heavy atom. The van der Waals surface area contributed by atoms with E-state index >= 15 is 0 Å². The number of carboxylic acid groups (broad SMARTS) is 1. The zero-order valence-corrected chi connectivity index (χ0v) is 12.4. The number of ether oxygens (including phenoxy) is 1. The molecule has 1 aliphatic heterocycles. The third-order valence-electron chi connectivity index (χ3n) is 4.06. The second-order valence-corrected chi connectivity index (χ2v) is 5.52. The predicted octanol–water partition coefficient (Wildman–Crippen LogP) is 2.25. The van der Waals surface area contributed by atoms with Crippen LogP contribution in [0.4, 0.5) is 0 Å². The van der Waals surface area contributed by atoms with E-state index in [2.05, 4.69) is 6.07 Å². The van der Waals surface area contributed by atoms with Gasteiger partial charge in [-0.05, 0) is 43.0 Å². The third kappa shape index (κ3) is 3.34. The zero-order chi connectivity index (χ0) is 15.4. The summed E-state index contributed by atoms with van der Waals surface area (Å²) in [5, 5.41) is 18.4. The maximum Gasteiger partial charge on any atom is 0.321 e.